The van der Waals surface area contributed by atoms with Crippen molar-refractivity contribution in [2.45, 2.75) is 6.17 Å². The number of hydrogen-bond acceptors (Lipinski definition) is 4. The van der Waals surface area contributed by atoms with E-state index in [2.05, 4.69) is 43.3 Å². The first-order valence-corrected chi connectivity index (χ1v) is 7.28. The van der Waals surface area contributed by atoms with Crippen molar-refractivity contribution in [2.75, 3.05) is 34.3 Å². The Kier molecular flexibility index (Phi) is 3.41. The van der Waals surface area contributed by atoms with Gasteiger partial charge >= 0.3 is 0 Å². The van der Waals surface area contributed by atoms with Gasteiger partial charge in [-0.3, -0.25) is 9.38 Å². The fourth-order valence-electron chi connectivity index (χ4n) is 4.09. The Morgan fingerprint density at radius 1 is 1.23 bits per heavy atom. The fourth-order valence-corrected chi connectivity index (χ4v) is 4.09. The third kappa shape index (κ3) is 1.84. The summed E-state index contributed by atoms with van der Waals surface area (Å²) in [6.45, 7) is 1.70. The molecule has 112 valence electrons. The third-order valence-corrected chi connectivity index (χ3v) is 4.95. The monoisotopic (exact) mass is 295 g/mol. The zero-order valence-electron chi connectivity index (χ0n) is 13.1. The normalized spacial score (nSPS) is 28.7. The van der Waals surface area contributed by atoms with Crippen LogP contribution >= 0.6 is 0 Å². The zero-order chi connectivity index (χ0) is 15.9. The van der Waals surface area contributed by atoms with E-state index in [4.69, 9.17) is 4.74 Å². The van der Waals surface area contributed by atoms with Crippen LogP contribution in [-0.4, -0.2) is 45.4 Å². The molecule has 3 heterocycles. The number of rotatable bonds is 3. The molecule has 2 bridgehead atoms. The van der Waals surface area contributed by atoms with Crippen molar-refractivity contribution < 1.29 is 4.74 Å². The minimum atomic E-state index is 0.292. The van der Waals surface area contributed by atoms with Gasteiger partial charge in [-0.15, -0.1) is 0 Å². The van der Waals surface area contributed by atoms with Crippen LogP contribution in [0, 0.1) is 28.6 Å². The molecule has 3 saturated heterocycles. The molecule has 0 radical (unpaired) electrons. The van der Waals surface area contributed by atoms with E-state index in [0.29, 0.717) is 17.7 Å². The number of quaternary nitrogens is 1. The van der Waals surface area contributed by atoms with Crippen molar-refractivity contribution >= 4 is 5.69 Å². The second-order valence-corrected chi connectivity index (χ2v) is 6.18. The molecule has 3 unspecified atom stereocenters. The van der Waals surface area contributed by atoms with Gasteiger partial charge in [0.1, 0.15) is 41.6 Å². The second kappa shape index (κ2) is 5.14. The van der Waals surface area contributed by atoms with Crippen LogP contribution in [0.25, 0.3) is 0 Å². The van der Waals surface area contributed by atoms with Gasteiger partial charge in [0.15, 0.2) is 6.17 Å². The molecule has 0 aliphatic carbocycles. The van der Waals surface area contributed by atoms with E-state index < -0.39 is 0 Å². The van der Waals surface area contributed by atoms with Crippen LogP contribution in [-0.2, 0) is 0 Å². The number of benzene rings is 1. The summed E-state index contributed by atoms with van der Waals surface area (Å²) in [5, 5.41) is 18.4. The quantitative estimate of drug-likeness (QED) is 0.631. The van der Waals surface area contributed by atoms with Gasteiger partial charge in [0.2, 0.25) is 0 Å². The highest BCUT2D eigenvalue weighted by molar-refractivity contribution is 5.58. The lowest BCUT2D eigenvalue weighted by Gasteiger charge is -2.51. The molecule has 1 aromatic rings. The predicted octanol–water partition coefficient (Wildman–Crippen LogP) is 1.88. The van der Waals surface area contributed by atoms with Crippen LogP contribution < -0.4 is 9.22 Å². The number of methoxy groups -OCH3 is 1. The van der Waals surface area contributed by atoms with E-state index in [0.717, 1.165) is 28.9 Å². The Bertz CT molecular complexity index is 692. The molecule has 1 aromatic carbocycles. The lowest BCUT2D eigenvalue weighted by molar-refractivity contribution is 0.00715. The van der Waals surface area contributed by atoms with Gasteiger partial charge in [-0.2, -0.15) is 10.5 Å². The minimum absolute atomic E-state index is 0.292. The first-order valence-electron chi connectivity index (χ1n) is 7.28. The van der Waals surface area contributed by atoms with Gasteiger partial charge in [-0.1, -0.05) is 0 Å². The van der Waals surface area contributed by atoms with Gasteiger partial charge < -0.3 is 4.74 Å². The van der Waals surface area contributed by atoms with E-state index in [9.17, 15) is 10.5 Å². The smallest absolute Gasteiger partial charge is 0.162 e. The fraction of sp³-hybridized carbons (Fsp3) is 0.412. The molecule has 0 saturated carbocycles. The van der Waals surface area contributed by atoms with Crippen molar-refractivity contribution in [2.24, 2.45) is 5.92 Å². The maximum Gasteiger partial charge on any atom is 0.162 e. The zero-order valence-corrected chi connectivity index (χ0v) is 13.1. The summed E-state index contributed by atoms with van der Waals surface area (Å²) in [5.74, 6) is 1.14. The third-order valence-electron chi connectivity index (χ3n) is 4.95. The van der Waals surface area contributed by atoms with Crippen LogP contribution in [0.15, 0.2) is 35.4 Å². The molecule has 22 heavy (non-hydrogen) atoms. The molecular weight excluding hydrogens is 276 g/mol. The molecule has 4 rings (SSSR count). The van der Waals surface area contributed by atoms with Gasteiger partial charge in [-0.05, 0) is 26.2 Å². The summed E-state index contributed by atoms with van der Waals surface area (Å²) in [7, 11) is 5.79. The highest BCUT2D eigenvalue weighted by atomic mass is 16.5. The largest absolute Gasteiger partial charge is 0.497 e. The van der Waals surface area contributed by atoms with Crippen LogP contribution in [0.4, 0.5) is 5.69 Å². The molecule has 0 N–H and O–H groups in total. The van der Waals surface area contributed by atoms with Crippen molar-refractivity contribution in [1.82, 2.24) is 9.38 Å². The molecule has 0 spiro atoms. The maximum atomic E-state index is 9.20. The summed E-state index contributed by atoms with van der Waals surface area (Å²) in [6.07, 6.45) is 0.292. The molecule has 3 atom stereocenters. The summed E-state index contributed by atoms with van der Waals surface area (Å²) in [4.78, 5) is 2.21. The average molecular weight is 295 g/mol. The van der Waals surface area contributed by atoms with Crippen LogP contribution in [0.2, 0.25) is 0 Å². The molecular formula is C17H19N4O+. The highest BCUT2D eigenvalue weighted by Crippen LogP contribution is 2.52. The SMILES string of the molecule is COc1ccc([N+]23CC(=C(C#N)C#N)C(C2)C3N(C)C)cc1. The van der Waals surface area contributed by atoms with E-state index in [-0.39, 0.29) is 0 Å². The summed E-state index contributed by atoms with van der Waals surface area (Å²) >= 11 is 0. The minimum Gasteiger partial charge on any atom is -0.497 e. The summed E-state index contributed by atoms with van der Waals surface area (Å²) in [5.41, 5.74) is 2.52. The van der Waals surface area contributed by atoms with Crippen LogP contribution in [0.1, 0.15) is 0 Å². The van der Waals surface area contributed by atoms with E-state index in [1.165, 1.54) is 5.69 Å². The van der Waals surface area contributed by atoms with Gasteiger partial charge in [0, 0.05) is 17.7 Å². The highest BCUT2D eigenvalue weighted by Gasteiger charge is 2.66. The van der Waals surface area contributed by atoms with Crippen molar-refractivity contribution in [1.29, 1.82) is 10.5 Å². The van der Waals surface area contributed by atoms with Crippen LogP contribution in [0.5, 0.6) is 5.75 Å². The number of nitriles is 2. The van der Waals surface area contributed by atoms with Gasteiger partial charge in [0.25, 0.3) is 0 Å². The topological polar surface area (TPSA) is 60.0 Å². The second-order valence-electron chi connectivity index (χ2n) is 6.18. The molecule has 0 amide bonds. The first kappa shape index (κ1) is 14.6. The Hall–Kier alpha value is -2.34. The Balaban J connectivity index is 2.04. The Labute approximate surface area is 130 Å². The first-order chi connectivity index (χ1) is 10.6. The van der Waals surface area contributed by atoms with Crippen LogP contribution in [0.3, 0.4) is 0 Å². The van der Waals surface area contributed by atoms with Crippen molar-refractivity contribution in [3.63, 3.8) is 0 Å². The molecule has 3 fully saturated rings. The standard InChI is InChI=1S/C17H19N4O/c1-20(2)17-16-11-21(17,10-15(16)12(8-18)9-19)13-4-6-14(22-3)7-5-13/h4-7,16-17H,10-11H2,1-3H3/q+1. The number of allylic oxidation sites excluding steroid dienone is 1. The van der Waals surface area contributed by atoms with Crippen molar-refractivity contribution in [3.8, 4) is 17.9 Å². The molecule has 5 heteroatoms. The molecule has 5 nitrogen and oxygen atoms in total. The molecule has 3 aliphatic rings. The van der Waals surface area contributed by atoms with E-state index >= 15 is 0 Å². The number of fused-ring (bicyclic) bond motifs is 1. The van der Waals surface area contributed by atoms with E-state index in [1.54, 1.807) is 7.11 Å². The molecule has 3 aliphatic heterocycles. The number of hydrogen-bond donors (Lipinski definition) is 0. The average Bonchev–Trinajstić information content (AvgIpc) is 3.03. The van der Waals surface area contributed by atoms with Gasteiger partial charge in [0.05, 0.1) is 13.7 Å². The summed E-state index contributed by atoms with van der Waals surface area (Å²) < 4.78 is 6.03. The number of ether oxygens (including phenoxy) is 1. The maximum absolute atomic E-state index is 9.20. The summed E-state index contributed by atoms with van der Waals surface area (Å²) in [6, 6.07) is 12.3. The lowest BCUT2D eigenvalue weighted by atomic mass is 9.90. The Morgan fingerprint density at radius 3 is 2.36 bits per heavy atom. The Morgan fingerprint density at radius 2 is 1.86 bits per heavy atom. The lowest BCUT2D eigenvalue weighted by Crippen LogP contribution is -2.70. The predicted molar refractivity (Wildman–Crippen MR) is 83.7 cm³/mol. The molecule has 0 aromatic heterocycles. The van der Waals surface area contributed by atoms with Crippen molar-refractivity contribution in [3.05, 3.63) is 35.4 Å². The number of nitrogens with zero attached hydrogens (tertiary/aromatic N) is 4. The van der Waals surface area contributed by atoms with E-state index in [1.807, 2.05) is 12.1 Å². The van der Waals surface area contributed by atoms with Gasteiger partial charge in [-0.25, -0.2) is 0 Å².